The molecule has 0 amide bonds. The second-order valence-corrected chi connectivity index (χ2v) is 2.17. The number of aromatic nitrogens is 1. The summed E-state index contributed by atoms with van der Waals surface area (Å²) in [6.07, 6.45) is 3.08. The molecule has 0 saturated carbocycles. The Morgan fingerprint density at radius 2 is 2.17 bits per heavy atom. The van der Waals surface area contributed by atoms with Gasteiger partial charge < -0.3 is 4.74 Å². The number of rotatable bonds is 2. The van der Waals surface area contributed by atoms with Crippen molar-refractivity contribution in [3.05, 3.63) is 24.0 Å². The Labute approximate surface area is 77.2 Å². The van der Waals surface area contributed by atoms with Gasteiger partial charge in [0, 0.05) is 11.8 Å². The molecule has 0 fully saturated rings. The molecule has 1 aromatic rings. The molecule has 66 valence electrons. The molecule has 0 spiro atoms. The first kappa shape index (κ1) is 10.9. The van der Waals surface area contributed by atoms with Crippen molar-refractivity contribution < 1.29 is 9.53 Å². The summed E-state index contributed by atoms with van der Waals surface area (Å²) in [6, 6.07) is 1.66. The van der Waals surface area contributed by atoms with Gasteiger partial charge >= 0.3 is 0 Å². The third-order valence-corrected chi connectivity index (χ3v) is 1.36. The highest BCUT2D eigenvalue weighted by Crippen LogP contribution is 2.09. The van der Waals surface area contributed by atoms with E-state index in [2.05, 4.69) is 4.98 Å². The highest BCUT2D eigenvalue weighted by atomic mass is 35.5. The average molecular weight is 188 g/mol. The van der Waals surface area contributed by atoms with Crippen LogP contribution in [0, 0.1) is 0 Å². The van der Waals surface area contributed by atoms with E-state index in [0.717, 1.165) is 0 Å². The number of nitrogens with zero attached hydrogens (tertiary/aromatic N) is 1. The van der Waals surface area contributed by atoms with Crippen LogP contribution in [0.3, 0.4) is 0 Å². The number of pyridine rings is 1. The number of halogens is 1. The average Bonchev–Trinajstić information content (AvgIpc) is 2.05. The summed E-state index contributed by atoms with van der Waals surface area (Å²) >= 11 is 0. The van der Waals surface area contributed by atoms with E-state index >= 15 is 0 Å². The minimum atomic E-state index is -0.00333. The fourth-order valence-corrected chi connectivity index (χ4v) is 0.723. The van der Waals surface area contributed by atoms with Gasteiger partial charge in [0.1, 0.15) is 5.75 Å². The van der Waals surface area contributed by atoms with Gasteiger partial charge in [0.25, 0.3) is 0 Å². The Kier molecular flexibility index (Phi) is 4.29. The van der Waals surface area contributed by atoms with Crippen LogP contribution in [0.5, 0.6) is 5.75 Å². The largest absolute Gasteiger partial charge is 0.495 e. The molecule has 0 unspecified atom stereocenters. The van der Waals surface area contributed by atoms with Crippen molar-refractivity contribution in [2.75, 3.05) is 7.11 Å². The maximum atomic E-state index is 10.8. The van der Waals surface area contributed by atoms with Gasteiger partial charge in [-0.05, 0) is 13.0 Å². The third-order valence-electron chi connectivity index (χ3n) is 1.36. The van der Waals surface area contributed by atoms with Crippen molar-refractivity contribution in [2.24, 2.45) is 0 Å². The molecule has 1 rings (SSSR count). The third kappa shape index (κ3) is 2.51. The van der Waals surface area contributed by atoms with E-state index in [1.807, 2.05) is 0 Å². The van der Waals surface area contributed by atoms with E-state index in [1.54, 1.807) is 19.4 Å². The van der Waals surface area contributed by atoms with Gasteiger partial charge in [-0.25, -0.2) is 0 Å². The van der Waals surface area contributed by atoms with Crippen LogP contribution in [0.1, 0.15) is 17.3 Å². The lowest BCUT2D eigenvalue weighted by molar-refractivity contribution is 0.101. The lowest BCUT2D eigenvalue weighted by Gasteiger charge is -1.98. The lowest BCUT2D eigenvalue weighted by Crippen LogP contribution is -1.94. The minimum Gasteiger partial charge on any atom is -0.495 e. The quantitative estimate of drug-likeness (QED) is 0.662. The Hall–Kier alpha value is -1.09. The summed E-state index contributed by atoms with van der Waals surface area (Å²) in [7, 11) is 1.54. The van der Waals surface area contributed by atoms with Crippen LogP contribution >= 0.6 is 12.4 Å². The smallest absolute Gasteiger partial charge is 0.161 e. The highest BCUT2D eigenvalue weighted by molar-refractivity contribution is 5.94. The van der Waals surface area contributed by atoms with Crippen molar-refractivity contribution in [1.29, 1.82) is 0 Å². The molecular weight excluding hydrogens is 178 g/mol. The molecule has 1 heterocycles. The van der Waals surface area contributed by atoms with Gasteiger partial charge in [-0.2, -0.15) is 0 Å². The zero-order chi connectivity index (χ0) is 8.27. The molecule has 0 radical (unpaired) electrons. The van der Waals surface area contributed by atoms with Crippen molar-refractivity contribution in [1.82, 2.24) is 4.98 Å². The number of ketones is 1. The van der Waals surface area contributed by atoms with E-state index in [-0.39, 0.29) is 18.2 Å². The van der Waals surface area contributed by atoms with Crippen LogP contribution in [0.25, 0.3) is 0 Å². The summed E-state index contributed by atoms with van der Waals surface area (Å²) in [5.41, 5.74) is 0.573. The summed E-state index contributed by atoms with van der Waals surface area (Å²) < 4.78 is 4.89. The highest BCUT2D eigenvalue weighted by Gasteiger charge is 1.99. The standard InChI is InChI=1S/C8H9NO2.ClH/c1-6(10)7-3-8(11-2)5-9-4-7;/h3-5H,1-2H3;1H. The van der Waals surface area contributed by atoms with Crippen molar-refractivity contribution in [3.8, 4) is 5.75 Å². The maximum Gasteiger partial charge on any atom is 0.161 e. The number of hydrogen-bond acceptors (Lipinski definition) is 3. The van der Waals surface area contributed by atoms with Crippen LogP contribution in [0.4, 0.5) is 0 Å². The summed E-state index contributed by atoms with van der Waals surface area (Å²) in [5, 5.41) is 0. The van der Waals surface area contributed by atoms with Crippen molar-refractivity contribution >= 4 is 18.2 Å². The van der Waals surface area contributed by atoms with E-state index in [9.17, 15) is 4.79 Å². The molecule has 0 aliphatic rings. The van der Waals surface area contributed by atoms with Gasteiger partial charge in [-0.15, -0.1) is 12.4 Å². The Morgan fingerprint density at radius 1 is 1.50 bits per heavy atom. The van der Waals surface area contributed by atoms with Crippen LogP contribution < -0.4 is 4.74 Å². The monoisotopic (exact) mass is 187 g/mol. The molecule has 0 saturated heterocycles. The first-order valence-electron chi connectivity index (χ1n) is 3.24. The van der Waals surface area contributed by atoms with Crippen LogP contribution in [0.2, 0.25) is 0 Å². The van der Waals surface area contributed by atoms with Gasteiger partial charge in [0.15, 0.2) is 5.78 Å². The molecule has 0 aromatic carbocycles. The fraction of sp³-hybridized carbons (Fsp3) is 0.250. The van der Waals surface area contributed by atoms with Gasteiger partial charge in [-0.1, -0.05) is 0 Å². The number of carbonyl (C=O) groups is 1. The molecule has 1 aromatic heterocycles. The number of ether oxygens (including phenoxy) is 1. The summed E-state index contributed by atoms with van der Waals surface area (Å²) in [5.74, 6) is 0.606. The van der Waals surface area contributed by atoms with Crippen LogP contribution in [-0.2, 0) is 0 Å². The first-order chi connectivity index (χ1) is 5.24. The zero-order valence-corrected chi connectivity index (χ0v) is 7.72. The van der Waals surface area contributed by atoms with E-state index in [1.165, 1.54) is 13.1 Å². The Balaban J connectivity index is 0.00000121. The van der Waals surface area contributed by atoms with Gasteiger partial charge in [-0.3, -0.25) is 9.78 Å². The fourth-order valence-electron chi connectivity index (χ4n) is 0.723. The van der Waals surface area contributed by atoms with Crippen LogP contribution in [0.15, 0.2) is 18.5 Å². The lowest BCUT2D eigenvalue weighted by atomic mass is 10.2. The molecule has 0 atom stereocenters. The van der Waals surface area contributed by atoms with Crippen LogP contribution in [-0.4, -0.2) is 17.9 Å². The molecule has 12 heavy (non-hydrogen) atoms. The number of hydrogen-bond donors (Lipinski definition) is 0. The van der Waals surface area contributed by atoms with E-state index in [4.69, 9.17) is 4.74 Å². The molecular formula is C8H10ClNO2. The zero-order valence-electron chi connectivity index (χ0n) is 6.90. The van der Waals surface area contributed by atoms with Gasteiger partial charge in [0.05, 0.1) is 13.3 Å². The molecule has 0 bridgehead atoms. The number of carbonyl (C=O) groups excluding carboxylic acids is 1. The molecule has 4 heteroatoms. The number of Topliss-reactive ketones (excluding diaryl/α,β-unsaturated/α-hetero) is 1. The normalized spacial score (nSPS) is 8.50. The van der Waals surface area contributed by atoms with E-state index < -0.39 is 0 Å². The molecule has 3 nitrogen and oxygen atoms in total. The van der Waals surface area contributed by atoms with Gasteiger partial charge in [0.2, 0.25) is 0 Å². The second kappa shape index (κ2) is 4.72. The maximum absolute atomic E-state index is 10.8. The van der Waals surface area contributed by atoms with Crippen molar-refractivity contribution in [2.45, 2.75) is 6.92 Å². The minimum absolute atomic E-state index is 0. The molecule has 0 N–H and O–H groups in total. The predicted octanol–water partition coefficient (Wildman–Crippen LogP) is 1.71. The van der Waals surface area contributed by atoms with Crippen molar-refractivity contribution in [3.63, 3.8) is 0 Å². The summed E-state index contributed by atoms with van der Waals surface area (Å²) in [6.45, 7) is 1.50. The Morgan fingerprint density at radius 3 is 2.67 bits per heavy atom. The molecule has 0 aliphatic carbocycles. The first-order valence-corrected chi connectivity index (χ1v) is 3.24. The number of methoxy groups -OCH3 is 1. The Bertz CT molecular complexity index is 276. The predicted molar refractivity (Wildman–Crippen MR) is 48.0 cm³/mol. The van der Waals surface area contributed by atoms with E-state index in [0.29, 0.717) is 11.3 Å². The second-order valence-electron chi connectivity index (χ2n) is 2.17. The topological polar surface area (TPSA) is 39.2 Å². The summed E-state index contributed by atoms with van der Waals surface area (Å²) in [4.78, 5) is 14.6. The SMILES string of the molecule is COc1cncc(C(C)=O)c1.Cl. The molecule has 0 aliphatic heterocycles.